The van der Waals surface area contributed by atoms with Crippen molar-refractivity contribution in [1.82, 2.24) is 19.5 Å². The number of hydrogen-bond acceptors (Lipinski definition) is 4. The molecule has 5 heteroatoms. The van der Waals surface area contributed by atoms with E-state index in [1.165, 1.54) is 75.0 Å². The van der Waals surface area contributed by atoms with Crippen LogP contribution in [0.5, 0.6) is 0 Å². The standard InChI is InChI=1S/C55H34N4S/c1-5-16-35(17-6-1)39-29-31-46-45(32-39)51-42-25-14-13-24-41(42)44(36-18-7-2-8-19-36)34-48(51)59(46)47-26-15-27-49-52(47)43-30-28-40(33-50(43)60-49)55-57-53(37-20-9-3-10-21-37)56-54(58-55)38-22-11-4-12-23-38/h1-34H. The Bertz CT molecular complexity index is 3520. The monoisotopic (exact) mass is 782 g/mol. The minimum Gasteiger partial charge on any atom is -0.309 e. The first kappa shape index (κ1) is 34.3. The van der Waals surface area contributed by atoms with E-state index in [9.17, 15) is 0 Å². The molecule has 0 amide bonds. The Morgan fingerprint density at radius 2 is 0.883 bits per heavy atom. The molecular formula is C55H34N4S. The maximum Gasteiger partial charge on any atom is 0.164 e. The summed E-state index contributed by atoms with van der Waals surface area (Å²) in [6.07, 6.45) is 0. The van der Waals surface area contributed by atoms with E-state index in [1.54, 1.807) is 0 Å². The average molecular weight is 783 g/mol. The molecule has 280 valence electrons. The van der Waals surface area contributed by atoms with Gasteiger partial charge in [-0.25, -0.2) is 15.0 Å². The summed E-state index contributed by atoms with van der Waals surface area (Å²) in [5, 5.41) is 7.42. The molecule has 0 aliphatic carbocycles. The first-order valence-corrected chi connectivity index (χ1v) is 21.0. The molecule has 0 saturated carbocycles. The second-order valence-electron chi connectivity index (χ2n) is 15.2. The number of thiophene rings is 1. The van der Waals surface area contributed by atoms with Crippen molar-refractivity contribution < 1.29 is 0 Å². The molecule has 9 aromatic carbocycles. The van der Waals surface area contributed by atoms with Crippen LogP contribution in [0.4, 0.5) is 0 Å². The number of rotatable bonds is 6. The zero-order valence-corrected chi connectivity index (χ0v) is 33.1. The van der Waals surface area contributed by atoms with Gasteiger partial charge in [-0.3, -0.25) is 0 Å². The Hall–Kier alpha value is -7.73. The highest BCUT2D eigenvalue weighted by Gasteiger charge is 2.22. The number of aromatic nitrogens is 4. The molecule has 3 heterocycles. The molecular weight excluding hydrogens is 749 g/mol. The van der Waals surface area contributed by atoms with Crippen molar-refractivity contribution in [1.29, 1.82) is 0 Å². The highest BCUT2D eigenvalue weighted by molar-refractivity contribution is 7.26. The topological polar surface area (TPSA) is 43.6 Å². The summed E-state index contributed by atoms with van der Waals surface area (Å²) in [7, 11) is 0. The van der Waals surface area contributed by atoms with Gasteiger partial charge < -0.3 is 4.57 Å². The lowest BCUT2D eigenvalue weighted by Gasteiger charge is -2.13. The maximum absolute atomic E-state index is 5.05. The van der Waals surface area contributed by atoms with Gasteiger partial charge in [-0.2, -0.15) is 0 Å². The molecule has 12 aromatic rings. The second-order valence-corrected chi connectivity index (χ2v) is 16.2. The van der Waals surface area contributed by atoms with Crippen LogP contribution >= 0.6 is 11.3 Å². The molecule has 60 heavy (non-hydrogen) atoms. The molecule has 0 spiro atoms. The SMILES string of the molecule is c1ccc(-c2ccc3c(c2)c2c4ccccc4c(-c4ccccc4)cc2n3-c2cccc3sc4cc(-c5nc(-c6ccccc6)nc(-c6ccccc6)n5)ccc4c23)cc1. The van der Waals surface area contributed by atoms with Crippen LogP contribution in [0.3, 0.4) is 0 Å². The Balaban J connectivity index is 1.11. The van der Waals surface area contributed by atoms with E-state index in [0.29, 0.717) is 17.5 Å². The van der Waals surface area contributed by atoms with E-state index >= 15 is 0 Å². The van der Waals surface area contributed by atoms with Gasteiger partial charge in [-0.1, -0.05) is 170 Å². The van der Waals surface area contributed by atoms with Crippen LogP contribution in [0.2, 0.25) is 0 Å². The fraction of sp³-hybridized carbons (Fsp3) is 0. The maximum atomic E-state index is 5.05. The molecule has 0 aliphatic heterocycles. The first-order chi connectivity index (χ1) is 29.7. The van der Waals surface area contributed by atoms with Gasteiger partial charge in [-0.05, 0) is 69.4 Å². The van der Waals surface area contributed by atoms with Gasteiger partial charge in [0.25, 0.3) is 0 Å². The van der Waals surface area contributed by atoms with Crippen LogP contribution in [0.25, 0.3) is 115 Å². The molecule has 0 bridgehead atoms. The third kappa shape index (κ3) is 5.63. The second kappa shape index (κ2) is 14.0. The van der Waals surface area contributed by atoms with E-state index in [1.807, 2.05) is 72.0 Å². The number of hydrogen-bond donors (Lipinski definition) is 0. The molecule has 0 saturated heterocycles. The molecule has 4 nitrogen and oxygen atoms in total. The lowest BCUT2D eigenvalue weighted by atomic mass is 9.94. The van der Waals surface area contributed by atoms with Gasteiger partial charge in [0.05, 0.1) is 16.7 Å². The minimum absolute atomic E-state index is 0.652. The molecule has 0 N–H and O–H groups in total. The molecule has 0 aliphatic rings. The number of benzene rings is 9. The molecule has 3 aromatic heterocycles. The van der Waals surface area contributed by atoms with E-state index in [2.05, 4.69) is 150 Å². The van der Waals surface area contributed by atoms with E-state index in [0.717, 1.165) is 22.4 Å². The van der Waals surface area contributed by atoms with Gasteiger partial charge in [0, 0.05) is 47.6 Å². The van der Waals surface area contributed by atoms with Gasteiger partial charge in [0.2, 0.25) is 0 Å². The quantitative estimate of drug-likeness (QED) is 0.169. The van der Waals surface area contributed by atoms with Crippen molar-refractivity contribution in [2.45, 2.75) is 0 Å². The summed E-state index contributed by atoms with van der Waals surface area (Å²) in [6.45, 7) is 0. The van der Waals surface area contributed by atoms with E-state index < -0.39 is 0 Å². The Morgan fingerprint density at radius 1 is 0.317 bits per heavy atom. The third-order valence-electron chi connectivity index (χ3n) is 11.6. The number of fused-ring (bicyclic) bond motifs is 8. The Morgan fingerprint density at radius 3 is 1.55 bits per heavy atom. The van der Waals surface area contributed by atoms with Crippen molar-refractivity contribution in [2.24, 2.45) is 0 Å². The van der Waals surface area contributed by atoms with Gasteiger partial charge >= 0.3 is 0 Å². The van der Waals surface area contributed by atoms with E-state index in [-0.39, 0.29) is 0 Å². The predicted octanol–water partition coefficient (Wildman–Crippen LogP) is 14.8. The van der Waals surface area contributed by atoms with Crippen LogP contribution in [-0.2, 0) is 0 Å². The summed E-state index contributed by atoms with van der Waals surface area (Å²) in [4.78, 5) is 15.0. The molecule has 0 atom stereocenters. The summed E-state index contributed by atoms with van der Waals surface area (Å²) >= 11 is 1.81. The van der Waals surface area contributed by atoms with Crippen LogP contribution in [0.15, 0.2) is 206 Å². The van der Waals surface area contributed by atoms with Crippen LogP contribution in [-0.4, -0.2) is 19.5 Å². The lowest BCUT2D eigenvalue weighted by molar-refractivity contribution is 1.07. The minimum atomic E-state index is 0.652. The van der Waals surface area contributed by atoms with Gasteiger partial charge in [0.15, 0.2) is 17.5 Å². The smallest absolute Gasteiger partial charge is 0.164 e. The third-order valence-corrected chi connectivity index (χ3v) is 12.8. The van der Waals surface area contributed by atoms with E-state index in [4.69, 9.17) is 15.0 Å². The zero-order valence-electron chi connectivity index (χ0n) is 32.3. The van der Waals surface area contributed by atoms with Gasteiger partial charge in [0.1, 0.15) is 0 Å². The van der Waals surface area contributed by atoms with Crippen molar-refractivity contribution in [3.8, 4) is 62.1 Å². The van der Waals surface area contributed by atoms with Crippen LogP contribution in [0, 0.1) is 0 Å². The molecule has 0 unspecified atom stereocenters. The highest BCUT2D eigenvalue weighted by atomic mass is 32.1. The largest absolute Gasteiger partial charge is 0.309 e. The van der Waals surface area contributed by atoms with Gasteiger partial charge in [-0.15, -0.1) is 11.3 Å². The first-order valence-electron chi connectivity index (χ1n) is 20.2. The zero-order chi connectivity index (χ0) is 39.6. The fourth-order valence-corrected chi connectivity index (χ4v) is 10.0. The lowest BCUT2D eigenvalue weighted by Crippen LogP contribution is -2.00. The normalized spacial score (nSPS) is 11.7. The summed E-state index contributed by atoms with van der Waals surface area (Å²) < 4.78 is 4.91. The average Bonchev–Trinajstić information content (AvgIpc) is 3.87. The molecule has 12 rings (SSSR count). The summed E-state index contributed by atoms with van der Waals surface area (Å²) in [5.74, 6) is 1.96. The van der Waals surface area contributed by atoms with Crippen molar-refractivity contribution in [2.75, 3.05) is 0 Å². The Kier molecular flexibility index (Phi) is 8.00. The van der Waals surface area contributed by atoms with Crippen LogP contribution < -0.4 is 0 Å². The van der Waals surface area contributed by atoms with Crippen LogP contribution in [0.1, 0.15) is 0 Å². The summed E-state index contributed by atoms with van der Waals surface area (Å²) in [5.41, 5.74) is 11.2. The van der Waals surface area contributed by atoms with Crippen molar-refractivity contribution in [3.05, 3.63) is 206 Å². The fourth-order valence-electron chi connectivity index (χ4n) is 8.88. The van der Waals surface area contributed by atoms with Crippen molar-refractivity contribution in [3.63, 3.8) is 0 Å². The molecule has 0 radical (unpaired) electrons. The summed E-state index contributed by atoms with van der Waals surface area (Å²) in [6, 6.07) is 73.5. The van der Waals surface area contributed by atoms with Crippen molar-refractivity contribution >= 4 is 64.1 Å². The Labute approximate surface area is 350 Å². The number of nitrogens with zero attached hydrogens (tertiary/aromatic N) is 4. The predicted molar refractivity (Wildman–Crippen MR) is 252 cm³/mol. The molecule has 0 fully saturated rings. The highest BCUT2D eigenvalue weighted by Crippen LogP contribution is 2.46.